The van der Waals surface area contributed by atoms with E-state index >= 15 is 0 Å². The van der Waals surface area contributed by atoms with Crippen molar-refractivity contribution in [2.45, 2.75) is 25.7 Å². The number of esters is 1. The Morgan fingerprint density at radius 1 is 1.14 bits per heavy atom. The number of hydrogen-bond donors (Lipinski definition) is 0. The molecule has 1 aromatic carbocycles. The molecule has 0 bridgehead atoms. The van der Waals surface area contributed by atoms with Crippen LogP contribution in [-0.4, -0.2) is 37.6 Å². The number of rotatable bonds is 11. The number of nitrogens with zero attached hydrogens (tertiary/aromatic N) is 1. The fraction of sp³-hybridized carbons (Fsp3) is 0.421. The van der Waals surface area contributed by atoms with Crippen molar-refractivity contribution in [1.29, 1.82) is 0 Å². The average molecular weight is 301 g/mol. The van der Waals surface area contributed by atoms with E-state index in [1.54, 1.807) is 0 Å². The molecule has 0 amide bonds. The van der Waals surface area contributed by atoms with Crippen molar-refractivity contribution in [2.24, 2.45) is 0 Å². The molecule has 0 atom stereocenters. The Bertz CT molecular complexity index is 472. The Kier molecular flexibility index (Phi) is 8.92. The van der Waals surface area contributed by atoms with E-state index in [1.165, 1.54) is 18.2 Å². The van der Waals surface area contributed by atoms with Gasteiger partial charge in [-0.15, -0.1) is 13.2 Å². The molecule has 0 aliphatic heterocycles. The SMILES string of the molecule is C=CCN(CC=C)CCc1ccccc1CCCC(=O)OC. The fourth-order valence-corrected chi connectivity index (χ4v) is 2.47. The lowest BCUT2D eigenvalue weighted by atomic mass is 9.99. The minimum absolute atomic E-state index is 0.138. The third-order valence-corrected chi connectivity index (χ3v) is 3.65. The first-order valence-electron chi connectivity index (χ1n) is 7.79. The van der Waals surface area contributed by atoms with Gasteiger partial charge in [0.2, 0.25) is 0 Å². The summed E-state index contributed by atoms with van der Waals surface area (Å²) < 4.78 is 4.69. The van der Waals surface area contributed by atoms with Crippen molar-refractivity contribution in [3.05, 3.63) is 60.7 Å². The van der Waals surface area contributed by atoms with Crippen molar-refractivity contribution in [1.82, 2.24) is 4.90 Å². The first-order valence-corrected chi connectivity index (χ1v) is 7.79. The molecule has 22 heavy (non-hydrogen) atoms. The predicted octanol–water partition coefficient (Wildman–Crippen LogP) is 3.40. The third-order valence-electron chi connectivity index (χ3n) is 3.65. The molecule has 0 fully saturated rings. The molecule has 3 nitrogen and oxygen atoms in total. The monoisotopic (exact) mass is 301 g/mol. The molecule has 0 spiro atoms. The number of aryl methyl sites for hydroxylation is 1. The van der Waals surface area contributed by atoms with E-state index in [0.29, 0.717) is 6.42 Å². The predicted molar refractivity (Wildman–Crippen MR) is 91.9 cm³/mol. The van der Waals surface area contributed by atoms with Gasteiger partial charge >= 0.3 is 5.97 Å². The molecule has 0 unspecified atom stereocenters. The molecule has 0 aliphatic carbocycles. The van der Waals surface area contributed by atoms with E-state index in [1.807, 2.05) is 12.2 Å². The zero-order valence-electron chi connectivity index (χ0n) is 13.6. The number of hydrogen-bond acceptors (Lipinski definition) is 3. The summed E-state index contributed by atoms with van der Waals surface area (Å²) >= 11 is 0. The maximum Gasteiger partial charge on any atom is 0.305 e. The second kappa shape index (κ2) is 10.8. The maximum absolute atomic E-state index is 11.2. The highest BCUT2D eigenvalue weighted by atomic mass is 16.5. The molecule has 1 aromatic rings. The van der Waals surface area contributed by atoms with E-state index in [-0.39, 0.29) is 5.97 Å². The van der Waals surface area contributed by atoms with E-state index in [0.717, 1.165) is 38.9 Å². The zero-order chi connectivity index (χ0) is 16.2. The Hall–Kier alpha value is -1.87. The van der Waals surface area contributed by atoms with Gasteiger partial charge in [0.1, 0.15) is 0 Å². The van der Waals surface area contributed by atoms with Crippen molar-refractivity contribution < 1.29 is 9.53 Å². The van der Waals surface area contributed by atoms with Crippen LogP contribution in [0.4, 0.5) is 0 Å². The van der Waals surface area contributed by atoms with Gasteiger partial charge in [0.15, 0.2) is 0 Å². The van der Waals surface area contributed by atoms with E-state index in [2.05, 4.69) is 47.1 Å². The summed E-state index contributed by atoms with van der Waals surface area (Å²) in [6, 6.07) is 8.46. The number of methoxy groups -OCH3 is 1. The minimum Gasteiger partial charge on any atom is -0.469 e. The van der Waals surface area contributed by atoms with Gasteiger partial charge in [0.25, 0.3) is 0 Å². The van der Waals surface area contributed by atoms with Gasteiger partial charge in [-0.1, -0.05) is 36.4 Å². The smallest absolute Gasteiger partial charge is 0.305 e. The molecule has 0 aliphatic rings. The first-order chi connectivity index (χ1) is 10.7. The molecule has 0 aromatic heterocycles. The van der Waals surface area contributed by atoms with Crippen molar-refractivity contribution in [2.75, 3.05) is 26.7 Å². The van der Waals surface area contributed by atoms with Crippen LogP contribution in [0.25, 0.3) is 0 Å². The number of benzene rings is 1. The largest absolute Gasteiger partial charge is 0.469 e. The highest BCUT2D eigenvalue weighted by Gasteiger charge is 2.07. The lowest BCUT2D eigenvalue weighted by molar-refractivity contribution is -0.140. The van der Waals surface area contributed by atoms with Crippen LogP contribution in [0.1, 0.15) is 24.0 Å². The lowest BCUT2D eigenvalue weighted by Crippen LogP contribution is -2.26. The Balaban J connectivity index is 2.56. The van der Waals surface area contributed by atoms with Crippen LogP contribution in [0, 0.1) is 0 Å². The molecule has 0 N–H and O–H groups in total. The number of ether oxygens (including phenoxy) is 1. The normalized spacial score (nSPS) is 10.5. The number of carbonyl (C=O) groups is 1. The Morgan fingerprint density at radius 2 is 1.73 bits per heavy atom. The topological polar surface area (TPSA) is 29.5 Å². The number of carbonyl (C=O) groups excluding carboxylic acids is 1. The average Bonchev–Trinajstić information content (AvgIpc) is 2.54. The highest BCUT2D eigenvalue weighted by Crippen LogP contribution is 2.14. The van der Waals surface area contributed by atoms with Crippen LogP contribution >= 0.6 is 0 Å². The van der Waals surface area contributed by atoms with Crippen LogP contribution in [0.2, 0.25) is 0 Å². The molecule has 0 radical (unpaired) electrons. The molecule has 120 valence electrons. The van der Waals surface area contributed by atoms with Crippen molar-refractivity contribution in [3.8, 4) is 0 Å². The molecule has 3 heteroatoms. The minimum atomic E-state index is -0.138. The van der Waals surface area contributed by atoms with Crippen LogP contribution in [0.5, 0.6) is 0 Å². The fourth-order valence-electron chi connectivity index (χ4n) is 2.47. The standard InChI is InChI=1S/C19H27NO2/c1-4-14-20(15-5-2)16-13-18-10-7-6-9-17(18)11-8-12-19(21)22-3/h4-7,9-10H,1-2,8,11-16H2,3H3. The summed E-state index contributed by atoms with van der Waals surface area (Å²) in [5.41, 5.74) is 2.68. The molecule has 0 saturated heterocycles. The Labute approximate surface area is 134 Å². The molecular weight excluding hydrogens is 274 g/mol. The van der Waals surface area contributed by atoms with E-state index < -0.39 is 0 Å². The molecular formula is C19H27NO2. The van der Waals surface area contributed by atoms with Crippen LogP contribution < -0.4 is 0 Å². The van der Waals surface area contributed by atoms with Crippen molar-refractivity contribution in [3.63, 3.8) is 0 Å². The summed E-state index contributed by atoms with van der Waals surface area (Å²) in [4.78, 5) is 13.5. The first kappa shape index (κ1) is 18.2. The van der Waals surface area contributed by atoms with Gasteiger partial charge in [-0.2, -0.15) is 0 Å². The molecule has 0 saturated carbocycles. The highest BCUT2D eigenvalue weighted by molar-refractivity contribution is 5.69. The van der Waals surface area contributed by atoms with Gasteiger partial charge < -0.3 is 4.74 Å². The van der Waals surface area contributed by atoms with E-state index in [9.17, 15) is 4.79 Å². The van der Waals surface area contributed by atoms with Gasteiger partial charge in [0.05, 0.1) is 7.11 Å². The summed E-state index contributed by atoms with van der Waals surface area (Å²) in [7, 11) is 1.43. The van der Waals surface area contributed by atoms with E-state index in [4.69, 9.17) is 0 Å². The van der Waals surface area contributed by atoms with Gasteiger partial charge in [-0.3, -0.25) is 9.69 Å². The third kappa shape index (κ3) is 6.72. The van der Waals surface area contributed by atoms with Crippen LogP contribution in [0.15, 0.2) is 49.6 Å². The van der Waals surface area contributed by atoms with Crippen LogP contribution in [0.3, 0.4) is 0 Å². The van der Waals surface area contributed by atoms with Gasteiger partial charge in [-0.25, -0.2) is 0 Å². The van der Waals surface area contributed by atoms with Gasteiger partial charge in [0, 0.05) is 26.1 Å². The summed E-state index contributed by atoms with van der Waals surface area (Å²) in [6.45, 7) is 10.3. The van der Waals surface area contributed by atoms with Gasteiger partial charge in [-0.05, 0) is 30.4 Å². The summed E-state index contributed by atoms with van der Waals surface area (Å²) in [5, 5.41) is 0. The zero-order valence-corrected chi connectivity index (χ0v) is 13.6. The second-order valence-electron chi connectivity index (χ2n) is 5.29. The second-order valence-corrected chi connectivity index (χ2v) is 5.29. The van der Waals surface area contributed by atoms with Crippen LogP contribution in [-0.2, 0) is 22.4 Å². The van der Waals surface area contributed by atoms with Crippen molar-refractivity contribution >= 4 is 5.97 Å². The molecule has 0 heterocycles. The molecule has 1 rings (SSSR count). The maximum atomic E-state index is 11.2. The summed E-state index contributed by atoms with van der Waals surface area (Å²) in [5.74, 6) is -0.138. The Morgan fingerprint density at radius 3 is 2.27 bits per heavy atom. The lowest BCUT2D eigenvalue weighted by Gasteiger charge is -2.19. The summed E-state index contributed by atoms with van der Waals surface area (Å²) in [6.07, 6.45) is 7.05. The quantitative estimate of drug-likeness (QED) is 0.463.